The number of fused-ring (bicyclic) bond motifs is 1. The molecule has 0 radical (unpaired) electrons. The summed E-state index contributed by atoms with van der Waals surface area (Å²) in [6.07, 6.45) is 0.998. The molecule has 29 heavy (non-hydrogen) atoms. The molecule has 2 heterocycles. The van der Waals surface area contributed by atoms with Gasteiger partial charge in [-0.1, -0.05) is 48.5 Å². The molecule has 0 saturated carbocycles. The third-order valence-electron chi connectivity index (χ3n) is 5.55. The second-order valence-electron chi connectivity index (χ2n) is 7.61. The van der Waals surface area contributed by atoms with Gasteiger partial charge in [0.25, 0.3) is 12.3 Å². The van der Waals surface area contributed by atoms with E-state index in [-0.39, 0.29) is 18.5 Å². The summed E-state index contributed by atoms with van der Waals surface area (Å²) in [6, 6.07) is 18.1. The van der Waals surface area contributed by atoms with Crippen LogP contribution in [-0.4, -0.2) is 47.5 Å². The number of piperidine rings is 1. The van der Waals surface area contributed by atoms with Crippen molar-refractivity contribution in [3.8, 4) is 0 Å². The number of benzene rings is 2. The van der Waals surface area contributed by atoms with Gasteiger partial charge in [-0.25, -0.2) is 8.78 Å². The van der Waals surface area contributed by atoms with Gasteiger partial charge in [0.05, 0.1) is 12.1 Å². The number of hydrogen-bond donors (Lipinski definition) is 1. The molecule has 6 heteroatoms. The molecule has 0 bridgehead atoms. The van der Waals surface area contributed by atoms with E-state index >= 15 is 0 Å². The average molecular weight is 397 g/mol. The van der Waals surface area contributed by atoms with Crippen molar-refractivity contribution in [3.05, 3.63) is 71.9 Å². The quantitative estimate of drug-likeness (QED) is 0.679. The molecular formula is C23H25F2N3O. The molecule has 1 amide bonds. The molecule has 4 rings (SSSR count). The van der Waals surface area contributed by atoms with E-state index in [0.717, 1.165) is 10.9 Å². The van der Waals surface area contributed by atoms with Gasteiger partial charge in [0.15, 0.2) is 0 Å². The summed E-state index contributed by atoms with van der Waals surface area (Å²) in [5, 5.41) is 4.04. The number of halogens is 2. The normalized spacial score (nSPS) is 15.8. The number of hydrogen-bond acceptors (Lipinski definition) is 2. The first kappa shape index (κ1) is 19.6. The lowest BCUT2D eigenvalue weighted by Gasteiger charge is -2.32. The summed E-state index contributed by atoms with van der Waals surface area (Å²) in [4.78, 5) is 14.8. The van der Waals surface area contributed by atoms with Gasteiger partial charge in [-0.2, -0.15) is 0 Å². The Labute approximate surface area is 169 Å². The highest BCUT2D eigenvalue weighted by Crippen LogP contribution is 2.23. The number of amides is 1. The fourth-order valence-electron chi connectivity index (χ4n) is 4.06. The van der Waals surface area contributed by atoms with Crippen LogP contribution in [0.1, 0.15) is 28.8 Å². The molecular weight excluding hydrogens is 372 g/mol. The summed E-state index contributed by atoms with van der Waals surface area (Å²) in [6.45, 7) is 1.68. The highest BCUT2D eigenvalue weighted by atomic mass is 19.3. The molecule has 0 unspecified atom stereocenters. The SMILES string of the molecule is O=C(NC1CCN(CC(F)F)CC1)c1cn(Cc2ccccc2)c2ccccc12. The molecule has 0 atom stereocenters. The molecule has 1 aliphatic rings. The summed E-state index contributed by atoms with van der Waals surface area (Å²) >= 11 is 0. The van der Waals surface area contributed by atoms with E-state index in [1.165, 1.54) is 5.56 Å². The highest BCUT2D eigenvalue weighted by Gasteiger charge is 2.24. The number of carbonyl (C=O) groups excluding carboxylic acids is 1. The number of nitrogens with one attached hydrogen (secondary N) is 1. The van der Waals surface area contributed by atoms with Crippen LogP contribution in [-0.2, 0) is 6.54 Å². The van der Waals surface area contributed by atoms with Gasteiger partial charge in [-0.3, -0.25) is 9.69 Å². The molecule has 1 aromatic heterocycles. The van der Waals surface area contributed by atoms with Gasteiger partial charge >= 0.3 is 0 Å². The van der Waals surface area contributed by atoms with E-state index in [4.69, 9.17) is 0 Å². The first-order chi connectivity index (χ1) is 14.1. The average Bonchev–Trinajstić information content (AvgIpc) is 3.09. The minimum absolute atomic E-state index is 0.0210. The van der Waals surface area contributed by atoms with Crippen LogP contribution in [0.25, 0.3) is 10.9 Å². The van der Waals surface area contributed by atoms with Gasteiger partial charge in [0.2, 0.25) is 0 Å². The highest BCUT2D eigenvalue weighted by molar-refractivity contribution is 6.07. The maximum Gasteiger partial charge on any atom is 0.253 e. The number of para-hydroxylation sites is 1. The fourth-order valence-corrected chi connectivity index (χ4v) is 4.06. The van der Waals surface area contributed by atoms with Crippen molar-refractivity contribution in [2.45, 2.75) is 31.9 Å². The van der Waals surface area contributed by atoms with Crippen LogP contribution in [0.2, 0.25) is 0 Å². The largest absolute Gasteiger partial charge is 0.349 e. The van der Waals surface area contributed by atoms with Crippen LogP contribution in [0.5, 0.6) is 0 Å². The standard InChI is InChI=1S/C23H25F2N3O/c24-22(25)16-27-12-10-18(11-13-27)26-23(29)20-15-28(14-17-6-2-1-3-7-17)21-9-5-4-8-19(20)21/h1-9,15,18,22H,10-14,16H2,(H,26,29). The van der Waals surface area contributed by atoms with Crippen molar-refractivity contribution in [2.24, 2.45) is 0 Å². The summed E-state index contributed by atoms with van der Waals surface area (Å²) in [7, 11) is 0. The van der Waals surface area contributed by atoms with Gasteiger partial charge < -0.3 is 9.88 Å². The Morgan fingerprint density at radius 3 is 2.45 bits per heavy atom. The molecule has 1 N–H and O–H groups in total. The van der Waals surface area contributed by atoms with Crippen LogP contribution in [0.3, 0.4) is 0 Å². The third kappa shape index (κ3) is 4.65. The number of nitrogens with zero attached hydrogens (tertiary/aromatic N) is 2. The first-order valence-corrected chi connectivity index (χ1v) is 10.0. The zero-order valence-electron chi connectivity index (χ0n) is 16.2. The lowest BCUT2D eigenvalue weighted by Crippen LogP contribution is -2.45. The van der Waals surface area contributed by atoms with E-state index < -0.39 is 6.43 Å². The van der Waals surface area contributed by atoms with Crippen molar-refractivity contribution >= 4 is 16.8 Å². The van der Waals surface area contributed by atoms with Gasteiger partial charge in [0, 0.05) is 42.8 Å². The summed E-state index contributed by atoms with van der Waals surface area (Å²) in [5.41, 5.74) is 2.85. The molecule has 152 valence electrons. The van der Waals surface area contributed by atoms with Crippen LogP contribution >= 0.6 is 0 Å². The molecule has 1 aliphatic heterocycles. The van der Waals surface area contributed by atoms with Crippen molar-refractivity contribution in [1.29, 1.82) is 0 Å². The third-order valence-corrected chi connectivity index (χ3v) is 5.55. The Morgan fingerprint density at radius 2 is 1.72 bits per heavy atom. The van der Waals surface area contributed by atoms with Crippen molar-refractivity contribution in [2.75, 3.05) is 19.6 Å². The van der Waals surface area contributed by atoms with Crippen LogP contribution in [0, 0.1) is 0 Å². The predicted octanol–water partition coefficient (Wildman–Crippen LogP) is 4.15. The topological polar surface area (TPSA) is 37.3 Å². The monoisotopic (exact) mass is 397 g/mol. The van der Waals surface area contributed by atoms with Crippen molar-refractivity contribution in [3.63, 3.8) is 0 Å². The molecule has 1 saturated heterocycles. The lowest BCUT2D eigenvalue weighted by molar-refractivity contribution is 0.0696. The number of likely N-dealkylation sites (tertiary alicyclic amines) is 1. The second kappa shape index (κ2) is 8.74. The number of carbonyl (C=O) groups is 1. The van der Waals surface area contributed by atoms with Crippen LogP contribution < -0.4 is 5.32 Å². The Kier molecular flexibility index (Phi) is 5.90. The minimum atomic E-state index is -2.31. The predicted molar refractivity (Wildman–Crippen MR) is 110 cm³/mol. The maximum atomic E-state index is 13.0. The minimum Gasteiger partial charge on any atom is -0.349 e. The van der Waals surface area contributed by atoms with E-state index in [2.05, 4.69) is 22.0 Å². The fraction of sp³-hybridized carbons (Fsp3) is 0.348. The van der Waals surface area contributed by atoms with E-state index in [1.807, 2.05) is 48.7 Å². The van der Waals surface area contributed by atoms with Gasteiger partial charge in [-0.15, -0.1) is 0 Å². The smallest absolute Gasteiger partial charge is 0.253 e. The van der Waals surface area contributed by atoms with Crippen molar-refractivity contribution in [1.82, 2.24) is 14.8 Å². The molecule has 0 spiro atoms. The molecule has 1 fully saturated rings. The Morgan fingerprint density at radius 1 is 1.03 bits per heavy atom. The molecule has 0 aliphatic carbocycles. The maximum absolute atomic E-state index is 13.0. The number of rotatable bonds is 6. The zero-order valence-corrected chi connectivity index (χ0v) is 16.2. The first-order valence-electron chi connectivity index (χ1n) is 10.0. The van der Waals surface area contributed by atoms with Crippen molar-refractivity contribution < 1.29 is 13.6 Å². The van der Waals surface area contributed by atoms with E-state index in [1.54, 1.807) is 4.90 Å². The second-order valence-corrected chi connectivity index (χ2v) is 7.61. The zero-order chi connectivity index (χ0) is 20.2. The molecule has 3 aromatic rings. The van der Waals surface area contributed by atoms with Crippen LogP contribution in [0.4, 0.5) is 8.78 Å². The van der Waals surface area contributed by atoms with Gasteiger partial charge in [0.1, 0.15) is 0 Å². The Balaban J connectivity index is 1.48. The lowest BCUT2D eigenvalue weighted by atomic mass is 10.0. The van der Waals surface area contributed by atoms with Gasteiger partial charge in [-0.05, 0) is 24.5 Å². The van der Waals surface area contributed by atoms with Crippen LogP contribution in [0.15, 0.2) is 60.8 Å². The Hall–Kier alpha value is -2.73. The number of alkyl halides is 2. The van der Waals surface area contributed by atoms with E-state index in [0.29, 0.717) is 38.0 Å². The number of aromatic nitrogens is 1. The summed E-state index contributed by atoms with van der Waals surface area (Å²) in [5.74, 6) is -0.0969. The molecule has 2 aromatic carbocycles. The van der Waals surface area contributed by atoms with E-state index in [9.17, 15) is 13.6 Å². The molecule has 4 nitrogen and oxygen atoms in total. The Bertz CT molecular complexity index is 963. The summed E-state index contributed by atoms with van der Waals surface area (Å²) < 4.78 is 27.2.